The third-order valence-electron chi connectivity index (χ3n) is 2.97. The Balaban J connectivity index is 2.02. The second-order valence-corrected chi connectivity index (χ2v) is 4.54. The molecule has 1 aromatic rings. The number of carbonyl (C=O) groups excluding carboxylic acids is 1. The van der Waals surface area contributed by atoms with E-state index in [4.69, 9.17) is 0 Å². The maximum Gasteiger partial charge on any atom is 0.237 e. The van der Waals surface area contributed by atoms with Gasteiger partial charge in [0.1, 0.15) is 0 Å². The van der Waals surface area contributed by atoms with Gasteiger partial charge < -0.3 is 4.90 Å². The lowest BCUT2D eigenvalue weighted by Gasteiger charge is -2.32. The van der Waals surface area contributed by atoms with Gasteiger partial charge in [-0.1, -0.05) is 29.8 Å². The molecule has 1 heterocycles. The van der Waals surface area contributed by atoms with Crippen LogP contribution in [0.5, 0.6) is 0 Å². The van der Waals surface area contributed by atoms with Gasteiger partial charge in [0, 0.05) is 19.6 Å². The number of piperazine rings is 1. The van der Waals surface area contributed by atoms with Crippen molar-refractivity contribution in [3.63, 3.8) is 0 Å². The molecule has 1 aliphatic heterocycles. The molecule has 1 amide bonds. The third kappa shape index (κ3) is 2.61. The average molecular weight is 218 g/mol. The molecule has 0 unspecified atom stereocenters. The number of nitrogens with zero attached hydrogens (tertiary/aromatic N) is 2. The van der Waals surface area contributed by atoms with Crippen LogP contribution in [0.25, 0.3) is 0 Å². The van der Waals surface area contributed by atoms with Gasteiger partial charge in [0.25, 0.3) is 0 Å². The molecule has 0 spiro atoms. The molecule has 1 fully saturated rings. The van der Waals surface area contributed by atoms with Gasteiger partial charge in [-0.15, -0.1) is 0 Å². The summed E-state index contributed by atoms with van der Waals surface area (Å²) in [6, 6.07) is 8.35. The van der Waals surface area contributed by atoms with Crippen molar-refractivity contribution in [2.75, 3.05) is 26.7 Å². The first-order chi connectivity index (χ1) is 7.65. The Morgan fingerprint density at radius 1 is 1.31 bits per heavy atom. The van der Waals surface area contributed by atoms with Crippen LogP contribution in [-0.2, 0) is 11.3 Å². The van der Waals surface area contributed by atoms with Crippen molar-refractivity contribution < 1.29 is 4.79 Å². The second kappa shape index (κ2) is 4.66. The number of likely N-dealkylation sites (N-methyl/N-ethyl adjacent to an activating group) is 1. The van der Waals surface area contributed by atoms with E-state index in [0.29, 0.717) is 6.54 Å². The number of aryl methyl sites for hydroxylation is 1. The van der Waals surface area contributed by atoms with Crippen molar-refractivity contribution in [3.05, 3.63) is 35.4 Å². The normalized spacial score (nSPS) is 17.9. The smallest absolute Gasteiger partial charge is 0.237 e. The zero-order chi connectivity index (χ0) is 11.5. The Morgan fingerprint density at radius 3 is 2.81 bits per heavy atom. The Labute approximate surface area is 96.7 Å². The van der Waals surface area contributed by atoms with E-state index >= 15 is 0 Å². The molecule has 0 saturated carbocycles. The molecule has 16 heavy (non-hydrogen) atoms. The molecule has 86 valence electrons. The number of hydrogen-bond donors (Lipinski definition) is 0. The lowest BCUT2D eigenvalue weighted by atomic mass is 10.1. The van der Waals surface area contributed by atoms with E-state index < -0.39 is 0 Å². The predicted octanol–water partition coefficient (Wildman–Crippen LogP) is 1.27. The SMILES string of the molecule is Cc1cccc(CN2CCN(C)CC2=O)c1. The van der Waals surface area contributed by atoms with Gasteiger partial charge in [-0.05, 0) is 19.5 Å². The van der Waals surface area contributed by atoms with Crippen LogP contribution in [0.2, 0.25) is 0 Å². The minimum Gasteiger partial charge on any atom is -0.336 e. The van der Waals surface area contributed by atoms with Gasteiger partial charge in [0.15, 0.2) is 0 Å². The maximum absolute atomic E-state index is 11.8. The minimum absolute atomic E-state index is 0.232. The first kappa shape index (κ1) is 11.1. The van der Waals surface area contributed by atoms with E-state index in [2.05, 4.69) is 30.0 Å². The highest BCUT2D eigenvalue weighted by molar-refractivity contribution is 5.79. The standard InChI is InChI=1S/C13H18N2O/c1-11-4-3-5-12(8-11)9-15-7-6-14(2)10-13(15)16/h3-5,8H,6-7,9-10H2,1-2H3. The van der Waals surface area contributed by atoms with Gasteiger partial charge >= 0.3 is 0 Å². The summed E-state index contributed by atoms with van der Waals surface area (Å²) in [6.07, 6.45) is 0. The Kier molecular flexibility index (Phi) is 3.25. The largest absolute Gasteiger partial charge is 0.336 e. The maximum atomic E-state index is 11.8. The minimum atomic E-state index is 0.232. The van der Waals surface area contributed by atoms with E-state index in [1.165, 1.54) is 11.1 Å². The number of hydrogen-bond acceptors (Lipinski definition) is 2. The fourth-order valence-corrected chi connectivity index (χ4v) is 2.02. The molecule has 2 rings (SSSR count). The van der Waals surface area contributed by atoms with Crippen molar-refractivity contribution in [2.24, 2.45) is 0 Å². The lowest BCUT2D eigenvalue weighted by molar-refractivity contribution is -0.136. The van der Waals surface area contributed by atoms with Crippen LogP contribution >= 0.6 is 0 Å². The number of carbonyl (C=O) groups is 1. The van der Waals surface area contributed by atoms with Crippen LogP contribution in [0.15, 0.2) is 24.3 Å². The average Bonchev–Trinajstić information content (AvgIpc) is 2.22. The molecule has 0 aromatic heterocycles. The first-order valence-corrected chi connectivity index (χ1v) is 5.67. The predicted molar refractivity (Wildman–Crippen MR) is 64.1 cm³/mol. The van der Waals surface area contributed by atoms with Gasteiger partial charge in [-0.25, -0.2) is 0 Å². The first-order valence-electron chi connectivity index (χ1n) is 5.67. The summed E-state index contributed by atoms with van der Waals surface area (Å²) in [7, 11) is 1.99. The Bertz CT molecular complexity index is 389. The molecule has 1 aromatic carbocycles. The molecule has 3 heteroatoms. The number of rotatable bonds is 2. The fourth-order valence-electron chi connectivity index (χ4n) is 2.02. The quantitative estimate of drug-likeness (QED) is 0.746. The highest BCUT2D eigenvalue weighted by atomic mass is 16.2. The molecule has 3 nitrogen and oxygen atoms in total. The van der Waals surface area contributed by atoms with Crippen molar-refractivity contribution in [1.82, 2.24) is 9.80 Å². The zero-order valence-corrected chi connectivity index (χ0v) is 9.94. The molecule has 0 aliphatic carbocycles. The summed E-state index contributed by atoms with van der Waals surface area (Å²) in [4.78, 5) is 15.8. The Hall–Kier alpha value is -1.35. The summed E-state index contributed by atoms with van der Waals surface area (Å²) < 4.78 is 0. The van der Waals surface area contributed by atoms with Crippen molar-refractivity contribution in [1.29, 1.82) is 0 Å². The number of amides is 1. The molecular formula is C13H18N2O. The van der Waals surface area contributed by atoms with E-state index in [1.807, 2.05) is 18.0 Å². The summed E-state index contributed by atoms with van der Waals surface area (Å²) in [5, 5.41) is 0. The molecular weight excluding hydrogens is 200 g/mol. The van der Waals surface area contributed by atoms with Gasteiger partial charge in [-0.2, -0.15) is 0 Å². The molecule has 0 atom stereocenters. The van der Waals surface area contributed by atoms with Gasteiger partial charge in [0.2, 0.25) is 5.91 Å². The summed E-state index contributed by atoms with van der Waals surface area (Å²) >= 11 is 0. The molecule has 0 radical (unpaired) electrons. The van der Waals surface area contributed by atoms with Crippen LogP contribution in [0, 0.1) is 6.92 Å². The van der Waals surface area contributed by atoms with E-state index in [9.17, 15) is 4.79 Å². The van der Waals surface area contributed by atoms with Crippen LogP contribution < -0.4 is 0 Å². The summed E-state index contributed by atoms with van der Waals surface area (Å²) in [6.45, 7) is 5.18. The van der Waals surface area contributed by atoms with Crippen LogP contribution in [0.4, 0.5) is 0 Å². The van der Waals surface area contributed by atoms with E-state index in [0.717, 1.165) is 19.6 Å². The molecule has 1 aliphatic rings. The molecule has 0 bridgehead atoms. The summed E-state index contributed by atoms with van der Waals surface area (Å²) in [5.41, 5.74) is 2.47. The van der Waals surface area contributed by atoms with E-state index in [1.54, 1.807) is 0 Å². The van der Waals surface area contributed by atoms with Crippen LogP contribution in [0.3, 0.4) is 0 Å². The fraction of sp³-hybridized carbons (Fsp3) is 0.462. The van der Waals surface area contributed by atoms with Crippen LogP contribution in [-0.4, -0.2) is 42.4 Å². The third-order valence-corrected chi connectivity index (χ3v) is 2.97. The van der Waals surface area contributed by atoms with Crippen molar-refractivity contribution in [3.8, 4) is 0 Å². The monoisotopic (exact) mass is 218 g/mol. The highest BCUT2D eigenvalue weighted by Crippen LogP contribution is 2.10. The van der Waals surface area contributed by atoms with Crippen LogP contribution in [0.1, 0.15) is 11.1 Å². The zero-order valence-electron chi connectivity index (χ0n) is 9.94. The van der Waals surface area contributed by atoms with Gasteiger partial charge in [-0.3, -0.25) is 9.69 Å². The van der Waals surface area contributed by atoms with E-state index in [-0.39, 0.29) is 5.91 Å². The summed E-state index contributed by atoms with van der Waals surface area (Å²) in [5.74, 6) is 0.232. The molecule has 1 saturated heterocycles. The van der Waals surface area contributed by atoms with Gasteiger partial charge in [0.05, 0.1) is 6.54 Å². The van der Waals surface area contributed by atoms with Crippen molar-refractivity contribution >= 4 is 5.91 Å². The second-order valence-electron chi connectivity index (χ2n) is 4.54. The Morgan fingerprint density at radius 2 is 2.12 bits per heavy atom. The highest BCUT2D eigenvalue weighted by Gasteiger charge is 2.21. The topological polar surface area (TPSA) is 23.6 Å². The molecule has 0 N–H and O–H groups in total. The van der Waals surface area contributed by atoms with Crippen molar-refractivity contribution in [2.45, 2.75) is 13.5 Å². The lowest BCUT2D eigenvalue weighted by Crippen LogP contribution is -2.48. The number of benzene rings is 1.